The molecule has 1 atom stereocenters. The molecule has 0 aliphatic rings. The summed E-state index contributed by atoms with van der Waals surface area (Å²) in [5.41, 5.74) is 0.750. The maximum absolute atomic E-state index is 11.4. The number of carbonyl (C=O) groups is 1. The molecular formula is C14H20ClNO3. The van der Waals surface area contributed by atoms with Crippen molar-refractivity contribution in [1.29, 1.82) is 0 Å². The van der Waals surface area contributed by atoms with Crippen LogP contribution in [-0.4, -0.2) is 36.6 Å². The first-order valence-electron chi connectivity index (χ1n) is 6.22. The Hall–Kier alpha value is -1.26. The van der Waals surface area contributed by atoms with E-state index in [2.05, 4.69) is 0 Å². The van der Waals surface area contributed by atoms with Gasteiger partial charge in [0.15, 0.2) is 0 Å². The standard InChI is InChI=1S/C14H20ClNO3/c1-10(17)11-6-7-13(12(15)9-11)19-8-4-5-14(18)16(2)3/h6-7,9-10,17H,4-5,8H2,1-3H3/t10-/m0/s1. The molecule has 1 rings (SSSR count). The molecule has 1 aromatic rings. The van der Waals surface area contributed by atoms with E-state index in [4.69, 9.17) is 16.3 Å². The van der Waals surface area contributed by atoms with Crippen molar-refractivity contribution in [2.45, 2.75) is 25.9 Å². The fourth-order valence-electron chi connectivity index (χ4n) is 1.52. The molecule has 1 aromatic carbocycles. The number of hydrogen-bond donors (Lipinski definition) is 1. The summed E-state index contributed by atoms with van der Waals surface area (Å²) in [7, 11) is 3.46. The Morgan fingerprint density at radius 3 is 2.68 bits per heavy atom. The second kappa shape index (κ2) is 7.36. The molecule has 0 bridgehead atoms. The van der Waals surface area contributed by atoms with Crippen LogP contribution in [0.3, 0.4) is 0 Å². The second-order valence-electron chi connectivity index (χ2n) is 4.61. The Labute approximate surface area is 118 Å². The number of halogens is 1. The highest BCUT2D eigenvalue weighted by molar-refractivity contribution is 6.32. The fourth-order valence-corrected chi connectivity index (χ4v) is 1.77. The molecule has 19 heavy (non-hydrogen) atoms. The molecule has 106 valence electrons. The van der Waals surface area contributed by atoms with E-state index in [1.807, 2.05) is 0 Å². The lowest BCUT2D eigenvalue weighted by Gasteiger charge is -2.12. The molecule has 4 nitrogen and oxygen atoms in total. The predicted octanol–water partition coefficient (Wildman–Crippen LogP) is 2.64. The van der Waals surface area contributed by atoms with Crippen LogP contribution in [0.5, 0.6) is 5.75 Å². The highest BCUT2D eigenvalue weighted by atomic mass is 35.5. The first-order valence-corrected chi connectivity index (χ1v) is 6.60. The number of rotatable bonds is 6. The molecule has 0 saturated heterocycles. The first kappa shape index (κ1) is 15.8. The number of hydrogen-bond acceptors (Lipinski definition) is 3. The number of benzene rings is 1. The van der Waals surface area contributed by atoms with Crippen molar-refractivity contribution in [2.75, 3.05) is 20.7 Å². The van der Waals surface area contributed by atoms with Crippen LogP contribution in [0.2, 0.25) is 5.02 Å². The average Bonchev–Trinajstić information content (AvgIpc) is 2.35. The number of carbonyl (C=O) groups excluding carboxylic acids is 1. The Morgan fingerprint density at radius 2 is 2.16 bits per heavy atom. The molecule has 0 aliphatic heterocycles. The van der Waals surface area contributed by atoms with E-state index in [1.54, 1.807) is 44.1 Å². The molecule has 0 saturated carbocycles. The molecule has 1 N–H and O–H groups in total. The molecule has 0 unspecified atom stereocenters. The van der Waals surface area contributed by atoms with E-state index < -0.39 is 6.10 Å². The van der Waals surface area contributed by atoms with Crippen LogP contribution in [0.25, 0.3) is 0 Å². The van der Waals surface area contributed by atoms with E-state index in [0.717, 1.165) is 5.56 Å². The van der Waals surface area contributed by atoms with Gasteiger partial charge >= 0.3 is 0 Å². The number of ether oxygens (including phenoxy) is 1. The van der Waals surface area contributed by atoms with Crippen molar-refractivity contribution in [3.63, 3.8) is 0 Å². The summed E-state index contributed by atoms with van der Waals surface area (Å²) >= 11 is 6.05. The SMILES string of the molecule is C[C@H](O)c1ccc(OCCCC(=O)N(C)C)c(Cl)c1. The molecule has 0 fully saturated rings. The van der Waals surface area contributed by atoms with Gasteiger partial charge in [0.2, 0.25) is 5.91 Å². The predicted molar refractivity (Wildman–Crippen MR) is 75.5 cm³/mol. The third kappa shape index (κ3) is 5.09. The highest BCUT2D eigenvalue weighted by Crippen LogP contribution is 2.27. The van der Waals surface area contributed by atoms with Gasteiger partial charge in [-0.1, -0.05) is 17.7 Å². The van der Waals surface area contributed by atoms with Crippen molar-refractivity contribution in [3.8, 4) is 5.75 Å². The van der Waals surface area contributed by atoms with Gasteiger partial charge < -0.3 is 14.7 Å². The van der Waals surface area contributed by atoms with Crippen LogP contribution in [-0.2, 0) is 4.79 Å². The zero-order valence-corrected chi connectivity index (χ0v) is 12.3. The van der Waals surface area contributed by atoms with Crippen LogP contribution in [0.15, 0.2) is 18.2 Å². The molecule has 0 aliphatic carbocycles. The maximum Gasteiger partial charge on any atom is 0.222 e. The molecular weight excluding hydrogens is 266 g/mol. The summed E-state index contributed by atoms with van der Waals surface area (Å²) in [5.74, 6) is 0.655. The second-order valence-corrected chi connectivity index (χ2v) is 5.01. The number of aliphatic hydroxyl groups is 1. The fraction of sp³-hybridized carbons (Fsp3) is 0.500. The van der Waals surface area contributed by atoms with Gasteiger partial charge in [0.25, 0.3) is 0 Å². The first-order chi connectivity index (χ1) is 8.91. The Balaban J connectivity index is 2.44. The highest BCUT2D eigenvalue weighted by Gasteiger charge is 2.07. The smallest absolute Gasteiger partial charge is 0.222 e. The van der Waals surface area contributed by atoms with Crippen molar-refractivity contribution < 1.29 is 14.6 Å². The van der Waals surface area contributed by atoms with Gasteiger partial charge in [-0.2, -0.15) is 0 Å². The van der Waals surface area contributed by atoms with E-state index in [0.29, 0.717) is 30.2 Å². The quantitative estimate of drug-likeness (QED) is 0.818. The van der Waals surface area contributed by atoms with Gasteiger partial charge in [-0.25, -0.2) is 0 Å². The summed E-state index contributed by atoms with van der Waals surface area (Å²) < 4.78 is 5.52. The normalized spacial score (nSPS) is 12.1. The molecule has 0 aromatic heterocycles. The lowest BCUT2D eigenvalue weighted by atomic mass is 10.1. The van der Waals surface area contributed by atoms with Crippen LogP contribution >= 0.6 is 11.6 Å². The number of nitrogens with zero attached hydrogens (tertiary/aromatic N) is 1. The minimum Gasteiger partial charge on any atom is -0.492 e. The lowest BCUT2D eigenvalue weighted by Crippen LogP contribution is -2.21. The number of amides is 1. The van der Waals surface area contributed by atoms with Crippen molar-refractivity contribution in [1.82, 2.24) is 4.90 Å². The topological polar surface area (TPSA) is 49.8 Å². The molecule has 0 radical (unpaired) electrons. The summed E-state index contributed by atoms with van der Waals surface area (Å²) in [6, 6.07) is 5.20. The van der Waals surface area contributed by atoms with E-state index in [-0.39, 0.29) is 5.91 Å². The zero-order chi connectivity index (χ0) is 14.4. The van der Waals surface area contributed by atoms with Crippen LogP contribution < -0.4 is 4.74 Å². The van der Waals surface area contributed by atoms with Crippen molar-refractivity contribution >= 4 is 17.5 Å². The lowest BCUT2D eigenvalue weighted by molar-refractivity contribution is -0.128. The number of aliphatic hydroxyl groups excluding tert-OH is 1. The molecule has 0 spiro atoms. The van der Waals surface area contributed by atoms with Gasteiger partial charge in [-0.15, -0.1) is 0 Å². The molecule has 0 heterocycles. The van der Waals surface area contributed by atoms with Crippen molar-refractivity contribution in [2.24, 2.45) is 0 Å². The van der Waals surface area contributed by atoms with Gasteiger partial charge in [0.1, 0.15) is 5.75 Å². The van der Waals surface area contributed by atoms with Crippen LogP contribution in [0.4, 0.5) is 0 Å². The van der Waals surface area contributed by atoms with E-state index in [9.17, 15) is 9.90 Å². The van der Waals surface area contributed by atoms with E-state index >= 15 is 0 Å². The Bertz CT molecular complexity index is 433. The summed E-state index contributed by atoms with van der Waals surface area (Å²) in [5, 5.41) is 9.89. The Kier molecular flexibility index (Phi) is 6.12. The van der Waals surface area contributed by atoms with Gasteiger partial charge in [0.05, 0.1) is 17.7 Å². The third-order valence-electron chi connectivity index (χ3n) is 2.73. The maximum atomic E-state index is 11.4. The summed E-state index contributed by atoms with van der Waals surface area (Å²) in [6.07, 6.45) is 0.547. The van der Waals surface area contributed by atoms with Crippen molar-refractivity contribution in [3.05, 3.63) is 28.8 Å². The minimum absolute atomic E-state index is 0.0825. The van der Waals surface area contributed by atoms with Gasteiger partial charge in [-0.05, 0) is 31.0 Å². The Morgan fingerprint density at radius 1 is 1.47 bits per heavy atom. The van der Waals surface area contributed by atoms with Crippen LogP contribution in [0, 0.1) is 0 Å². The molecule has 1 amide bonds. The summed E-state index contributed by atoms with van der Waals surface area (Å²) in [4.78, 5) is 12.9. The zero-order valence-electron chi connectivity index (χ0n) is 11.5. The van der Waals surface area contributed by atoms with E-state index in [1.165, 1.54) is 0 Å². The van der Waals surface area contributed by atoms with Gasteiger partial charge in [0, 0.05) is 20.5 Å². The average molecular weight is 286 g/mol. The summed E-state index contributed by atoms with van der Waals surface area (Å²) in [6.45, 7) is 2.12. The third-order valence-corrected chi connectivity index (χ3v) is 3.03. The van der Waals surface area contributed by atoms with Crippen LogP contribution in [0.1, 0.15) is 31.4 Å². The molecule has 5 heteroatoms. The monoisotopic (exact) mass is 285 g/mol. The van der Waals surface area contributed by atoms with Gasteiger partial charge in [-0.3, -0.25) is 4.79 Å². The largest absolute Gasteiger partial charge is 0.492 e. The minimum atomic E-state index is -0.552.